The van der Waals surface area contributed by atoms with E-state index in [-0.39, 0.29) is 5.91 Å². The number of likely N-dealkylation sites (N-methyl/N-ethyl adjacent to an activating group) is 1. The van der Waals surface area contributed by atoms with Crippen molar-refractivity contribution in [3.63, 3.8) is 0 Å². The van der Waals surface area contributed by atoms with E-state index < -0.39 is 0 Å². The van der Waals surface area contributed by atoms with Gasteiger partial charge in [-0.15, -0.1) is 11.3 Å². The van der Waals surface area contributed by atoms with E-state index in [0.717, 1.165) is 28.4 Å². The molecule has 0 N–H and O–H groups in total. The minimum atomic E-state index is -0.0401. The molecule has 1 heterocycles. The van der Waals surface area contributed by atoms with Crippen LogP contribution in [0.3, 0.4) is 0 Å². The Morgan fingerprint density at radius 3 is 2.39 bits per heavy atom. The lowest BCUT2D eigenvalue weighted by Gasteiger charge is -2.24. The minimum absolute atomic E-state index is 0.0401. The molecular weight excluding hydrogens is 370 g/mol. The summed E-state index contributed by atoms with van der Waals surface area (Å²) in [6, 6.07) is 17.8. The number of benzene rings is 2. The highest BCUT2D eigenvalue weighted by Gasteiger charge is 2.19. The van der Waals surface area contributed by atoms with E-state index in [1.807, 2.05) is 79.0 Å². The summed E-state index contributed by atoms with van der Waals surface area (Å²) < 4.78 is 5.20. The van der Waals surface area contributed by atoms with Crippen molar-refractivity contribution in [2.45, 2.75) is 6.54 Å². The first-order valence-corrected chi connectivity index (χ1v) is 10.0. The van der Waals surface area contributed by atoms with Crippen LogP contribution in [0.5, 0.6) is 5.75 Å². The number of carbonyl (C=O) groups excluding carboxylic acids is 1. The second-order valence-electron chi connectivity index (χ2n) is 6.78. The molecule has 3 aromatic rings. The fraction of sp³-hybridized carbons (Fsp3) is 0.273. The van der Waals surface area contributed by atoms with E-state index in [1.165, 1.54) is 11.3 Å². The van der Waals surface area contributed by atoms with Crippen LogP contribution in [0.2, 0.25) is 0 Å². The van der Waals surface area contributed by atoms with Gasteiger partial charge in [0.2, 0.25) is 0 Å². The van der Waals surface area contributed by atoms with Gasteiger partial charge in [-0.05, 0) is 43.9 Å². The van der Waals surface area contributed by atoms with Crippen molar-refractivity contribution < 1.29 is 9.53 Å². The Hall–Kier alpha value is -2.70. The molecule has 1 aromatic heterocycles. The Kier molecular flexibility index (Phi) is 6.79. The molecule has 0 aliphatic heterocycles. The van der Waals surface area contributed by atoms with E-state index >= 15 is 0 Å². The van der Waals surface area contributed by atoms with E-state index in [9.17, 15) is 4.79 Å². The summed E-state index contributed by atoms with van der Waals surface area (Å²) >= 11 is 1.48. The van der Waals surface area contributed by atoms with Gasteiger partial charge in [0.15, 0.2) is 0 Å². The van der Waals surface area contributed by atoms with E-state index in [1.54, 1.807) is 7.11 Å². The van der Waals surface area contributed by atoms with Gasteiger partial charge in [0.05, 0.1) is 7.11 Å². The van der Waals surface area contributed by atoms with Gasteiger partial charge in [-0.2, -0.15) is 0 Å². The molecule has 28 heavy (non-hydrogen) atoms. The van der Waals surface area contributed by atoms with Crippen molar-refractivity contribution >= 4 is 17.2 Å². The van der Waals surface area contributed by atoms with Crippen molar-refractivity contribution in [1.82, 2.24) is 14.8 Å². The van der Waals surface area contributed by atoms with Gasteiger partial charge in [0.25, 0.3) is 5.91 Å². The third-order valence-corrected chi connectivity index (χ3v) is 5.27. The summed E-state index contributed by atoms with van der Waals surface area (Å²) in [7, 11) is 5.66. The molecule has 0 atom stereocenters. The van der Waals surface area contributed by atoms with Gasteiger partial charge in [0, 0.05) is 30.6 Å². The van der Waals surface area contributed by atoms with Crippen molar-refractivity contribution in [3.8, 4) is 16.3 Å². The topological polar surface area (TPSA) is 45.7 Å². The lowest BCUT2D eigenvalue weighted by molar-refractivity contribution is 0.0727. The summed E-state index contributed by atoms with van der Waals surface area (Å²) in [5, 5.41) is 2.67. The molecule has 2 aromatic carbocycles. The number of hydrogen-bond donors (Lipinski definition) is 0. The number of amides is 1. The first-order valence-electron chi connectivity index (χ1n) is 9.14. The SMILES string of the molecule is COc1ccc(-c2nc(C(=O)N(CCN(C)C)Cc3ccccc3)cs2)cc1. The summed E-state index contributed by atoms with van der Waals surface area (Å²) in [6.45, 7) is 2.02. The van der Waals surface area contributed by atoms with Gasteiger partial charge in [0.1, 0.15) is 16.5 Å². The maximum Gasteiger partial charge on any atom is 0.273 e. The fourth-order valence-electron chi connectivity index (χ4n) is 2.78. The second kappa shape index (κ2) is 9.48. The Bertz CT molecular complexity index is 892. The molecule has 0 spiro atoms. The molecule has 3 rings (SSSR count). The molecular formula is C22H25N3O2S. The van der Waals surface area contributed by atoms with Crippen LogP contribution in [0, 0.1) is 0 Å². The zero-order valence-corrected chi connectivity index (χ0v) is 17.3. The molecule has 5 nitrogen and oxygen atoms in total. The van der Waals surface area contributed by atoms with Gasteiger partial charge < -0.3 is 14.5 Å². The van der Waals surface area contributed by atoms with Gasteiger partial charge in [-0.1, -0.05) is 30.3 Å². The minimum Gasteiger partial charge on any atom is -0.497 e. The average molecular weight is 396 g/mol. The molecule has 146 valence electrons. The number of carbonyl (C=O) groups is 1. The third kappa shape index (κ3) is 5.18. The van der Waals surface area contributed by atoms with Crippen molar-refractivity contribution in [1.29, 1.82) is 0 Å². The number of ether oxygens (including phenoxy) is 1. The number of thiazole rings is 1. The summed E-state index contributed by atoms with van der Waals surface area (Å²) in [6.07, 6.45) is 0. The maximum atomic E-state index is 13.1. The molecule has 0 radical (unpaired) electrons. The fourth-order valence-corrected chi connectivity index (χ4v) is 3.58. The molecule has 0 aliphatic rings. The van der Waals surface area contributed by atoms with Gasteiger partial charge in [-0.25, -0.2) is 4.98 Å². The molecule has 0 unspecified atom stereocenters. The third-order valence-electron chi connectivity index (χ3n) is 4.38. The molecule has 0 fully saturated rings. The molecule has 0 saturated carbocycles. The largest absolute Gasteiger partial charge is 0.497 e. The predicted octanol–water partition coefficient (Wildman–Crippen LogP) is 4.02. The number of hydrogen-bond acceptors (Lipinski definition) is 5. The van der Waals surface area contributed by atoms with E-state index in [4.69, 9.17) is 4.74 Å². The Morgan fingerprint density at radius 1 is 1.04 bits per heavy atom. The van der Waals surface area contributed by atoms with Crippen LogP contribution in [0.4, 0.5) is 0 Å². The maximum absolute atomic E-state index is 13.1. The first-order chi connectivity index (χ1) is 13.6. The van der Waals surface area contributed by atoms with Crippen LogP contribution < -0.4 is 4.74 Å². The van der Waals surface area contributed by atoms with Crippen LogP contribution in [0.1, 0.15) is 16.1 Å². The molecule has 0 saturated heterocycles. The normalized spacial score (nSPS) is 10.9. The number of nitrogens with zero attached hydrogens (tertiary/aromatic N) is 3. The highest BCUT2D eigenvalue weighted by Crippen LogP contribution is 2.26. The van der Waals surface area contributed by atoms with E-state index in [0.29, 0.717) is 18.8 Å². The summed E-state index contributed by atoms with van der Waals surface area (Å²) in [5.74, 6) is 0.760. The van der Waals surface area contributed by atoms with Crippen molar-refractivity contribution in [2.75, 3.05) is 34.3 Å². The summed E-state index contributed by atoms with van der Waals surface area (Å²) in [4.78, 5) is 21.7. The number of rotatable bonds is 8. The Morgan fingerprint density at radius 2 is 1.75 bits per heavy atom. The van der Waals surface area contributed by atoms with Crippen LogP contribution in [0.15, 0.2) is 60.0 Å². The lowest BCUT2D eigenvalue weighted by atomic mass is 10.2. The lowest BCUT2D eigenvalue weighted by Crippen LogP contribution is -2.36. The van der Waals surface area contributed by atoms with Crippen LogP contribution >= 0.6 is 11.3 Å². The van der Waals surface area contributed by atoms with Crippen LogP contribution in [-0.4, -0.2) is 55.0 Å². The molecule has 0 aliphatic carbocycles. The highest BCUT2D eigenvalue weighted by molar-refractivity contribution is 7.13. The Balaban J connectivity index is 1.78. The smallest absolute Gasteiger partial charge is 0.273 e. The zero-order valence-electron chi connectivity index (χ0n) is 16.5. The predicted molar refractivity (Wildman–Crippen MR) is 114 cm³/mol. The number of methoxy groups -OCH3 is 1. The first kappa shape index (κ1) is 20.0. The number of aromatic nitrogens is 1. The zero-order chi connectivity index (χ0) is 19.9. The van der Waals surface area contributed by atoms with Crippen LogP contribution in [0.25, 0.3) is 10.6 Å². The van der Waals surface area contributed by atoms with Crippen molar-refractivity contribution in [3.05, 3.63) is 71.2 Å². The van der Waals surface area contributed by atoms with Gasteiger partial charge in [-0.3, -0.25) is 4.79 Å². The molecule has 1 amide bonds. The van der Waals surface area contributed by atoms with Crippen LogP contribution in [-0.2, 0) is 6.54 Å². The van der Waals surface area contributed by atoms with E-state index in [2.05, 4.69) is 9.88 Å². The van der Waals surface area contributed by atoms with Gasteiger partial charge >= 0.3 is 0 Å². The monoisotopic (exact) mass is 395 g/mol. The highest BCUT2D eigenvalue weighted by atomic mass is 32.1. The standard InChI is InChI=1S/C22H25N3O2S/c1-24(2)13-14-25(15-17-7-5-4-6-8-17)22(26)20-16-28-21(23-20)18-9-11-19(27-3)12-10-18/h4-12,16H,13-15H2,1-3H3. The van der Waals surface area contributed by atoms with Crippen molar-refractivity contribution in [2.24, 2.45) is 0 Å². The molecule has 6 heteroatoms. The summed E-state index contributed by atoms with van der Waals surface area (Å²) in [5.41, 5.74) is 2.58. The quantitative estimate of drug-likeness (QED) is 0.578. The second-order valence-corrected chi connectivity index (χ2v) is 7.64. The average Bonchev–Trinajstić information content (AvgIpc) is 3.21. The molecule has 0 bridgehead atoms. The Labute approximate surface area is 170 Å².